The number of likely N-dealkylation sites (tertiary alicyclic amines) is 1. The van der Waals surface area contributed by atoms with Crippen LogP contribution in [0.5, 0.6) is 0 Å². The average Bonchev–Trinajstić information content (AvgIpc) is 2.75. The van der Waals surface area contributed by atoms with Crippen molar-refractivity contribution >= 4 is 23.3 Å². The molecule has 0 spiro atoms. The number of amides is 2. The number of hydrogen-bond donors (Lipinski definition) is 2. The second-order valence-corrected chi connectivity index (χ2v) is 6.13. The van der Waals surface area contributed by atoms with E-state index < -0.39 is 11.9 Å². The van der Waals surface area contributed by atoms with Gasteiger partial charge in [0.1, 0.15) is 0 Å². The number of carbonyl (C=O) groups excluding carboxylic acids is 1. The monoisotopic (exact) mass is 280 g/mol. The lowest BCUT2D eigenvalue weighted by atomic mass is 9.94. The summed E-state index contributed by atoms with van der Waals surface area (Å²) in [5, 5.41) is 13.9. The van der Waals surface area contributed by atoms with Crippen LogP contribution < -0.4 is 5.32 Å². The first kappa shape index (κ1) is 12.5. The minimum absolute atomic E-state index is 0.0892. The number of thiophene rings is 1. The summed E-state index contributed by atoms with van der Waals surface area (Å²) in [7, 11) is 0. The number of fused-ring (bicyclic) bond motifs is 1. The van der Waals surface area contributed by atoms with E-state index in [0.717, 1.165) is 19.3 Å². The van der Waals surface area contributed by atoms with Gasteiger partial charge in [0.2, 0.25) is 0 Å². The van der Waals surface area contributed by atoms with Crippen molar-refractivity contribution in [1.82, 2.24) is 10.2 Å². The Balaban J connectivity index is 1.59. The van der Waals surface area contributed by atoms with Gasteiger partial charge in [0, 0.05) is 18.0 Å². The van der Waals surface area contributed by atoms with E-state index in [1.54, 1.807) is 16.2 Å². The van der Waals surface area contributed by atoms with Crippen LogP contribution in [0.25, 0.3) is 0 Å². The molecule has 1 saturated heterocycles. The summed E-state index contributed by atoms with van der Waals surface area (Å²) in [4.78, 5) is 25.7. The summed E-state index contributed by atoms with van der Waals surface area (Å²) in [5.41, 5.74) is 1.24. The van der Waals surface area contributed by atoms with Gasteiger partial charge in [-0.2, -0.15) is 0 Å². The van der Waals surface area contributed by atoms with Gasteiger partial charge in [-0.05, 0) is 36.3 Å². The van der Waals surface area contributed by atoms with Crippen molar-refractivity contribution in [2.75, 3.05) is 13.1 Å². The largest absolute Gasteiger partial charge is 0.481 e. The maximum Gasteiger partial charge on any atom is 0.317 e. The molecule has 5 nitrogen and oxygen atoms in total. The molecular weight excluding hydrogens is 264 g/mol. The van der Waals surface area contributed by atoms with E-state index in [1.165, 1.54) is 10.4 Å². The first-order chi connectivity index (χ1) is 9.15. The van der Waals surface area contributed by atoms with Gasteiger partial charge in [0.05, 0.1) is 12.0 Å². The van der Waals surface area contributed by atoms with E-state index in [4.69, 9.17) is 5.11 Å². The quantitative estimate of drug-likeness (QED) is 0.868. The maximum absolute atomic E-state index is 12.0. The van der Waals surface area contributed by atoms with Gasteiger partial charge >= 0.3 is 12.0 Å². The Labute approximate surface area is 115 Å². The molecule has 0 bridgehead atoms. The molecule has 2 aliphatic rings. The summed E-state index contributed by atoms with van der Waals surface area (Å²) < 4.78 is 0. The molecule has 1 aromatic heterocycles. The van der Waals surface area contributed by atoms with Crippen molar-refractivity contribution in [3.8, 4) is 0 Å². The molecule has 1 fully saturated rings. The highest BCUT2D eigenvalue weighted by molar-refractivity contribution is 7.10. The Morgan fingerprint density at radius 1 is 1.42 bits per heavy atom. The Morgan fingerprint density at radius 2 is 2.21 bits per heavy atom. The SMILES string of the molecule is O=C(O)C1CN(C(=O)NC2CCCc3sccc32)C1. The molecule has 0 radical (unpaired) electrons. The molecule has 102 valence electrons. The Hall–Kier alpha value is -1.56. The van der Waals surface area contributed by atoms with Gasteiger partial charge < -0.3 is 15.3 Å². The number of nitrogens with one attached hydrogen (secondary N) is 1. The van der Waals surface area contributed by atoms with Crippen LogP contribution in [0.1, 0.15) is 29.3 Å². The highest BCUT2D eigenvalue weighted by atomic mass is 32.1. The predicted molar refractivity (Wildman–Crippen MR) is 71.2 cm³/mol. The summed E-state index contributed by atoms with van der Waals surface area (Å²) in [6, 6.07) is 2.04. The van der Waals surface area contributed by atoms with E-state index in [2.05, 4.69) is 16.8 Å². The number of hydrogen-bond acceptors (Lipinski definition) is 3. The topological polar surface area (TPSA) is 69.6 Å². The van der Waals surface area contributed by atoms with Gasteiger partial charge in [-0.1, -0.05) is 0 Å². The number of carboxylic acid groups (broad SMARTS) is 1. The van der Waals surface area contributed by atoms with Crippen LogP contribution >= 0.6 is 11.3 Å². The third-order valence-corrected chi connectivity index (χ3v) is 4.86. The second kappa shape index (κ2) is 4.85. The fourth-order valence-corrected chi connectivity index (χ4v) is 3.66. The van der Waals surface area contributed by atoms with Crippen LogP contribution in [0.4, 0.5) is 4.79 Å². The fraction of sp³-hybridized carbons (Fsp3) is 0.538. The Morgan fingerprint density at radius 3 is 2.95 bits per heavy atom. The minimum Gasteiger partial charge on any atom is -0.481 e. The lowest BCUT2D eigenvalue weighted by Gasteiger charge is -2.38. The zero-order valence-electron chi connectivity index (χ0n) is 10.5. The molecule has 19 heavy (non-hydrogen) atoms. The first-order valence-electron chi connectivity index (χ1n) is 6.49. The lowest BCUT2D eigenvalue weighted by Crippen LogP contribution is -2.56. The zero-order valence-corrected chi connectivity index (χ0v) is 11.3. The van der Waals surface area contributed by atoms with Gasteiger partial charge in [-0.25, -0.2) is 4.79 Å². The number of aryl methyl sites for hydroxylation is 1. The molecule has 1 aliphatic heterocycles. The van der Waals surface area contributed by atoms with E-state index >= 15 is 0 Å². The highest BCUT2D eigenvalue weighted by Gasteiger charge is 2.36. The minimum atomic E-state index is -0.818. The molecule has 2 heterocycles. The van der Waals surface area contributed by atoms with Crippen molar-refractivity contribution in [2.24, 2.45) is 5.92 Å². The number of nitrogens with zero attached hydrogens (tertiary/aromatic N) is 1. The van der Waals surface area contributed by atoms with Gasteiger partial charge in [-0.15, -0.1) is 11.3 Å². The molecule has 1 aromatic rings. The van der Waals surface area contributed by atoms with Crippen molar-refractivity contribution in [3.05, 3.63) is 21.9 Å². The van der Waals surface area contributed by atoms with Crippen molar-refractivity contribution in [2.45, 2.75) is 25.3 Å². The molecule has 6 heteroatoms. The number of aliphatic carboxylic acids is 1. The van der Waals surface area contributed by atoms with Crippen molar-refractivity contribution in [3.63, 3.8) is 0 Å². The van der Waals surface area contributed by atoms with E-state index in [-0.39, 0.29) is 12.1 Å². The molecule has 0 saturated carbocycles. The van der Waals surface area contributed by atoms with Crippen molar-refractivity contribution in [1.29, 1.82) is 0 Å². The van der Waals surface area contributed by atoms with Crippen molar-refractivity contribution < 1.29 is 14.7 Å². The summed E-state index contributed by atoms with van der Waals surface area (Å²) >= 11 is 1.75. The fourth-order valence-electron chi connectivity index (χ4n) is 2.68. The summed E-state index contributed by atoms with van der Waals surface area (Å²) in [5.74, 6) is -1.21. The number of urea groups is 1. The number of carboxylic acids is 1. The number of carbonyl (C=O) groups is 2. The van der Waals surface area contributed by atoms with E-state index in [9.17, 15) is 9.59 Å². The second-order valence-electron chi connectivity index (χ2n) is 5.13. The van der Waals surface area contributed by atoms with E-state index in [0.29, 0.717) is 13.1 Å². The molecular formula is C13H16N2O3S. The van der Waals surface area contributed by atoms with Crippen LogP contribution in [0, 0.1) is 5.92 Å². The van der Waals surface area contributed by atoms with Crippen LogP contribution in [0.3, 0.4) is 0 Å². The molecule has 1 atom stereocenters. The van der Waals surface area contributed by atoms with E-state index in [1.807, 2.05) is 0 Å². The molecule has 3 rings (SSSR count). The standard InChI is InChI=1S/C13H16N2O3S/c16-12(17)8-6-15(7-8)13(18)14-10-2-1-3-11-9(10)4-5-19-11/h4-5,8,10H,1-3,6-7H2,(H,14,18)(H,16,17). The van der Waals surface area contributed by atoms with Gasteiger partial charge in [-0.3, -0.25) is 4.79 Å². The molecule has 2 amide bonds. The van der Waals surface area contributed by atoms with Crippen LogP contribution in [-0.2, 0) is 11.2 Å². The maximum atomic E-state index is 12.0. The highest BCUT2D eigenvalue weighted by Crippen LogP contribution is 2.33. The first-order valence-corrected chi connectivity index (χ1v) is 7.37. The summed E-state index contributed by atoms with van der Waals surface area (Å²) in [6.45, 7) is 0.648. The third kappa shape index (κ3) is 2.32. The molecule has 1 aliphatic carbocycles. The number of rotatable bonds is 2. The molecule has 1 unspecified atom stereocenters. The molecule has 0 aromatic carbocycles. The van der Waals surface area contributed by atoms with Gasteiger partial charge in [0.15, 0.2) is 0 Å². The third-order valence-electron chi connectivity index (χ3n) is 3.87. The smallest absolute Gasteiger partial charge is 0.317 e. The van der Waals surface area contributed by atoms with Crippen LogP contribution in [0.2, 0.25) is 0 Å². The average molecular weight is 280 g/mol. The lowest BCUT2D eigenvalue weighted by molar-refractivity contribution is -0.146. The normalized spacial score (nSPS) is 22.5. The van der Waals surface area contributed by atoms with Gasteiger partial charge in [0.25, 0.3) is 0 Å². The van der Waals surface area contributed by atoms with Crippen LogP contribution in [-0.4, -0.2) is 35.1 Å². The zero-order chi connectivity index (χ0) is 13.4. The Bertz CT molecular complexity index is 508. The Kier molecular flexibility index (Phi) is 3.18. The molecule has 2 N–H and O–H groups in total. The predicted octanol–water partition coefficient (Wildman–Crippen LogP) is 1.85. The summed E-state index contributed by atoms with van der Waals surface area (Å²) in [6.07, 6.45) is 3.16. The van der Waals surface area contributed by atoms with Crippen LogP contribution in [0.15, 0.2) is 11.4 Å².